The monoisotopic (exact) mass is 499 g/mol. The summed E-state index contributed by atoms with van der Waals surface area (Å²) < 4.78 is 11.3. The number of ether oxygens (including phenoxy) is 2. The van der Waals surface area contributed by atoms with Crippen LogP contribution in [0.5, 0.6) is 11.5 Å². The van der Waals surface area contributed by atoms with E-state index in [0.29, 0.717) is 24.5 Å². The number of hydrogen-bond acceptors (Lipinski definition) is 5. The molecule has 3 aromatic rings. The Morgan fingerprint density at radius 3 is 2.14 bits per heavy atom. The highest BCUT2D eigenvalue weighted by Gasteiger charge is 2.46. The third-order valence-electron chi connectivity index (χ3n) is 6.39. The number of hydrogen-bond donors (Lipinski definition) is 1. The minimum atomic E-state index is -0.710. The van der Waals surface area contributed by atoms with Crippen LogP contribution in [0.3, 0.4) is 0 Å². The molecule has 1 unspecified atom stereocenters. The average molecular weight is 500 g/mol. The van der Waals surface area contributed by atoms with Crippen LogP contribution in [0, 0.1) is 0 Å². The first-order valence-electron chi connectivity index (χ1n) is 12.8. The summed E-state index contributed by atoms with van der Waals surface area (Å²) >= 11 is 0. The molecule has 0 radical (unpaired) electrons. The van der Waals surface area contributed by atoms with Gasteiger partial charge >= 0.3 is 0 Å². The van der Waals surface area contributed by atoms with Crippen LogP contribution in [0.4, 0.5) is 0 Å². The fourth-order valence-electron chi connectivity index (χ4n) is 4.49. The van der Waals surface area contributed by atoms with Crippen LogP contribution >= 0.6 is 0 Å². The Hall–Kier alpha value is -4.06. The molecule has 1 aliphatic rings. The van der Waals surface area contributed by atoms with Gasteiger partial charge in [0.2, 0.25) is 0 Å². The van der Waals surface area contributed by atoms with Crippen LogP contribution in [0.2, 0.25) is 0 Å². The summed E-state index contributed by atoms with van der Waals surface area (Å²) in [6.07, 6.45) is 3.21. The predicted octanol–water partition coefficient (Wildman–Crippen LogP) is 6.28. The highest BCUT2D eigenvalue weighted by molar-refractivity contribution is 6.46. The molecule has 4 rings (SSSR count). The van der Waals surface area contributed by atoms with Crippen molar-refractivity contribution in [3.8, 4) is 11.5 Å². The fourth-order valence-corrected chi connectivity index (χ4v) is 4.49. The van der Waals surface area contributed by atoms with E-state index in [1.165, 1.54) is 4.90 Å². The summed E-state index contributed by atoms with van der Waals surface area (Å²) in [6.45, 7) is 5.47. The largest absolute Gasteiger partial charge is 0.507 e. The summed E-state index contributed by atoms with van der Waals surface area (Å²) in [5.74, 6) is -0.0924. The van der Waals surface area contributed by atoms with Gasteiger partial charge in [-0.1, -0.05) is 62.2 Å². The molecule has 192 valence electrons. The molecule has 0 aromatic heterocycles. The maximum Gasteiger partial charge on any atom is 0.295 e. The van der Waals surface area contributed by atoms with Gasteiger partial charge in [0, 0.05) is 12.1 Å². The van der Waals surface area contributed by atoms with Gasteiger partial charge in [0.05, 0.1) is 24.8 Å². The number of unbranched alkanes of at least 4 members (excludes halogenated alkanes) is 2. The quantitative estimate of drug-likeness (QED) is 0.146. The van der Waals surface area contributed by atoms with E-state index in [1.54, 1.807) is 24.3 Å². The van der Waals surface area contributed by atoms with Crippen molar-refractivity contribution in [3.63, 3.8) is 0 Å². The van der Waals surface area contributed by atoms with Gasteiger partial charge in [0.15, 0.2) is 0 Å². The lowest BCUT2D eigenvalue weighted by Gasteiger charge is -2.25. The van der Waals surface area contributed by atoms with Gasteiger partial charge < -0.3 is 19.5 Å². The third kappa shape index (κ3) is 6.02. The molecule has 1 aliphatic heterocycles. The van der Waals surface area contributed by atoms with Crippen molar-refractivity contribution in [2.45, 2.75) is 45.7 Å². The fraction of sp³-hybridized carbons (Fsp3) is 0.290. The number of nitrogens with zero attached hydrogens (tertiary/aromatic N) is 1. The molecule has 1 fully saturated rings. The number of carbonyl (C=O) groups excluding carboxylic acids is 2. The lowest BCUT2D eigenvalue weighted by Crippen LogP contribution is -2.29. The van der Waals surface area contributed by atoms with Crippen molar-refractivity contribution in [2.75, 3.05) is 13.2 Å². The normalized spacial score (nSPS) is 16.7. The van der Waals surface area contributed by atoms with E-state index in [9.17, 15) is 14.7 Å². The van der Waals surface area contributed by atoms with Crippen LogP contribution in [-0.2, 0) is 16.1 Å². The van der Waals surface area contributed by atoms with Crippen LogP contribution in [0.15, 0.2) is 84.4 Å². The van der Waals surface area contributed by atoms with Crippen molar-refractivity contribution in [1.82, 2.24) is 4.90 Å². The van der Waals surface area contributed by atoms with Crippen LogP contribution < -0.4 is 9.47 Å². The van der Waals surface area contributed by atoms with Crippen LogP contribution in [0.1, 0.15) is 55.8 Å². The molecule has 1 saturated heterocycles. The molecule has 6 heteroatoms. The van der Waals surface area contributed by atoms with Gasteiger partial charge in [-0.3, -0.25) is 9.59 Å². The second-order valence-electron chi connectivity index (χ2n) is 8.99. The van der Waals surface area contributed by atoms with Crippen molar-refractivity contribution >= 4 is 17.4 Å². The number of ketones is 1. The molecule has 1 N–H and O–H groups in total. The number of Topliss-reactive ketones (excluding diaryl/α,β-unsaturated/α-hetero) is 1. The smallest absolute Gasteiger partial charge is 0.295 e. The van der Waals surface area contributed by atoms with Crippen molar-refractivity contribution in [3.05, 3.63) is 101 Å². The predicted molar refractivity (Wildman–Crippen MR) is 143 cm³/mol. The summed E-state index contributed by atoms with van der Waals surface area (Å²) in [7, 11) is 0. The van der Waals surface area contributed by atoms with Gasteiger partial charge in [-0.2, -0.15) is 0 Å². The van der Waals surface area contributed by atoms with Crippen molar-refractivity contribution in [2.24, 2.45) is 0 Å². The van der Waals surface area contributed by atoms with E-state index >= 15 is 0 Å². The minimum Gasteiger partial charge on any atom is -0.507 e. The first-order chi connectivity index (χ1) is 18.0. The zero-order valence-corrected chi connectivity index (χ0v) is 21.4. The lowest BCUT2D eigenvalue weighted by atomic mass is 9.95. The van der Waals surface area contributed by atoms with Gasteiger partial charge in [0.25, 0.3) is 11.7 Å². The molecule has 0 spiro atoms. The van der Waals surface area contributed by atoms with Gasteiger partial charge in [-0.05, 0) is 60.9 Å². The zero-order valence-electron chi connectivity index (χ0n) is 21.4. The summed E-state index contributed by atoms with van der Waals surface area (Å²) in [4.78, 5) is 28.0. The standard InChI is InChI=1S/C31H33NO5/c1-3-5-9-20-37-26-18-14-24(15-19-26)29(33)27-28(23-10-7-6-8-11-23)32(31(35)30(27)34)21-22-12-16-25(17-13-22)36-4-2/h6-8,10-19,28,33H,3-5,9,20-21H2,1-2H3/b29-27-. The molecule has 37 heavy (non-hydrogen) atoms. The second-order valence-corrected chi connectivity index (χ2v) is 8.99. The number of benzene rings is 3. The Labute approximate surface area is 218 Å². The first kappa shape index (κ1) is 26.0. The van der Waals surface area contributed by atoms with E-state index in [-0.39, 0.29) is 17.9 Å². The number of amides is 1. The van der Waals surface area contributed by atoms with Crippen molar-refractivity contribution in [1.29, 1.82) is 0 Å². The average Bonchev–Trinajstić information content (AvgIpc) is 3.18. The van der Waals surface area contributed by atoms with E-state index in [4.69, 9.17) is 9.47 Å². The van der Waals surface area contributed by atoms with E-state index in [0.717, 1.165) is 36.1 Å². The Morgan fingerprint density at radius 1 is 0.838 bits per heavy atom. The molecule has 0 bridgehead atoms. The summed E-state index contributed by atoms with van der Waals surface area (Å²) in [5.41, 5.74) is 2.15. The minimum absolute atomic E-state index is 0.0822. The highest BCUT2D eigenvalue weighted by atomic mass is 16.5. The maximum absolute atomic E-state index is 13.3. The Morgan fingerprint density at radius 2 is 1.49 bits per heavy atom. The molecule has 1 heterocycles. The number of aliphatic hydroxyl groups is 1. The number of carbonyl (C=O) groups is 2. The molecule has 1 amide bonds. The summed E-state index contributed by atoms with van der Waals surface area (Å²) in [5, 5.41) is 11.3. The third-order valence-corrected chi connectivity index (χ3v) is 6.39. The zero-order chi connectivity index (χ0) is 26.2. The SMILES string of the molecule is CCCCCOc1ccc(/C(O)=C2/C(=O)C(=O)N(Cc3ccc(OCC)cc3)C2c2ccccc2)cc1. The van der Waals surface area contributed by atoms with Gasteiger partial charge in [0.1, 0.15) is 17.3 Å². The van der Waals surface area contributed by atoms with Crippen molar-refractivity contribution < 1.29 is 24.2 Å². The van der Waals surface area contributed by atoms with E-state index < -0.39 is 17.7 Å². The Balaban J connectivity index is 1.65. The molecule has 6 nitrogen and oxygen atoms in total. The van der Waals surface area contributed by atoms with Gasteiger partial charge in [-0.15, -0.1) is 0 Å². The highest BCUT2D eigenvalue weighted by Crippen LogP contribution is 2.40. The lowest BCUT2D eigenvalue weighted by molar-refractivity contribution is -0.140. The Kier molecular flexibility index (Phi) is 8.62. The Bertz CT molecular complexity index is 1230. The van der Waals surface area contributed by atoms with E-state index in [1.807, 2.05) is 61.5 Å². The topological polar surface area (TPSA) is 76.1 Å². The molecular formula is C31H33NO5. The van der Waals surface area contributed by atoms with E-state index in [2.05, 4.69) is 6.92 Å². The molecule has 1 atom stereocenters. The van der Waals surface area contributed by atoms with Crippen LogP contribution in [0.25, 0.3) is 5.76 Å². The summed E-state index contributed by atoms with van der Waals surface area (Å²) in [6, 6.07) is 23.0. The number of rotatable bonds is 11. The molecular weight excluding hydrogens is 466 g/mol. The maximum atomic E-state index is 13.3. The number of aliphatic hydroxyl groups excluding tert-OH is 1. The first-order valence-corrected chi connectivity index (χ1v) is 12.8. The van der Waals surface area contributed by atoms with Gasteiger partial charge in [-0.25, -0.2) is 0 Å². The molecule has 3 aromatic carbocycles. The second kappa shape index (κ2) is 12.3. The number of likely N-dealkylation sites (tertiary alicyclic amines) is 1. The van der Waals surface area contributed by atoms with Crippen LogP contribution in [-0.4, -0.2) is 34.9 Å². The molecule has 0 saturated carbocycles. The molecule has 0 aliphatic carbocycles.